The van der Waals surface area contributed by atoms with E-state index in [4.69, 9.17) is 10.5 Å². The lowest BCUT2D eigenvalue weighted by atomic mass is 10.5. The number of halogens is 1. The second kappa shape index (κ2) is 6.85. The van der Waals surface area contributed by atoms with E-state index in [0.29, 0.717) is 13.2 Å². The molecule has 0 aromatic rings. The predicted molar refractivity (Wildman–Crippen MR) is 30.5 cm³/mol. The van der Waals surface area contributed by atoms with E-state index >= 15 is 0 Å². The quantitative estimate of drug-likeness (QED) is 0.532. The summed E-state index contributed by atoms with van der Waals surface area (Å²) >= 11 is 0. The van der Waals surface area contributed by atoms with Crippen LogP contribution in [0.5, 0.6) is 0 Å². The van der Waals surface area contributed by atoms with Crippen LogP contribution in [0, 0.1) is 0 Å². The number of alkyl halides is 1. The van der Waals surface area contributed by atoms with E-state index in [-0.39, 0.29) is 6.61 Å². The lowest BCUT2D eigenvalue weighted by molar-refractivity contribution is 0.118. The van der Waals surface area contributed by atoms with Gasteiger partial charge in [-0.3, -0.25) is 0 Å². The number of rotatable bonds is 5. The number of nitrogens with two attached hydrogens (primary N) is 1. The summed E-state index contributed by atoms with van der Waals surface area (Å²) in [5.41, 5.74) is 5.14. The van der Waals surface area contributed by atoms with Crippen molar-refractivity contribution in [3.8, 4) is 0 Å². The van der Waals surface area contributed by atoms with Crippen LogP contribution in [0.1, 0.15) is 6.42 Å². The minimum atomic E-state index is -0.398. The summed E-state index contributed by atoms with van der Waals surface area (Å²) in [6.07, 6.45) is 0.819. The monoisotopic (exact) mass is 121 g/mol. The fourth-order valence-corrected chi connectivity index (χ4v) is 0.342. The van der Waals surface area contributed by atoms with Crippen molar-refractivity contribution in [2.75, 3.05) is 26.4 Å². The normalized spacial score (nSPS) is 9.75. The highest BCUT2D eigenvalue weighted by Gasteiger charge is 1.83. The van der Waals surface area contributed by atoms with Crippen molar-refractivity contribution in [1.29, 1.82) is 0 Å². The van der Waals surface area contributed by atoms with Gasteiger partial charge in [-0.15, -0.1) is 0 Å². The highest BCUT2D eigenvalue weighted by molar-refractivity contribution is 4.34. The standard InChI is InChI=1S/C5H12FNO/c6-2-5-8-4-1-3-7/h1-5,7H2. The van der Waals surface area contributed by atoms with Crippen molar-refractivity contribution in [3.05, 3.63) is 0 Å². The summed E-state index contributed by atoms with van der Waals surface area (Å²) < 4.78 is 16.0. The molecular weight excluding hydrogens is 109 g/mol. The van der Waals surface area contributed by atoms with E-state index in [9.17, 15) is 4.39 Å². The first-order chi connectivity index (χ1) is 3.91. The van der Waals surface area contributed by atoms with Crippen LogP contribution in [0.3, 0.4) is 0 Å². The summed E-state index contributed by atoms with van der Waals surface area (Å²) in [4.78, 5) is 0. The molecule has 3 heteroatoms. The van der Waals surface area contributed by atoms with Gasteiger partial charge in [-0.1, -0.05) is 0 Å². The first kappa shape index (κ1) is 7.85. The molecule has 0 aliphatic rings. The molecule has 0 amide bonds. The summed E-state index contributed by atoms with van der Waals surface area (Å²) in [7, 11) is 0. The molecule has 0 heterocycles. The smallest absolute Gasteiger partial charge is 0.113 e. The molecule has 0 radical (unpaired) electrons. The zero-order valence-corrected chi connectivity index (χ0v) is 4.90. The minimum absolute atomic E-state index is 0.208. The molecule has 0 saturated carbocycles. The molecule has 0 aliphatic heterocycles. The van der Waals surface area contributed by atoms with Gasteiger partial charge in [0.1, 0.15) is 6.67 Å². The molecule has 0 aliphatic carbocycles. The van der Waals surface area contributed by atoms with Gasteiger partial charge in [-0.25, -0.2) is 4.39 Å². The predicted octanol–water partition coefficient (Wildman–Crippen LogP) is 0.321. The Bertz CT molecular complexity index is 37.4. The Morgan fingerprint density at radius 3 is 2.62 bits per heavy atom. The second-order valence-corrected chi connectivity index (χ2v) is 1.44. The number of hydrogen-bond donors (Lipinski definition) is 1. The zero-order chi connectivity index (χ0) is 6.24. The van der Waals surface area contributed by atoms with Gasteiger partial charge >= 0.3 is 0 Å². The van der Waals surface area contributed by atoms with E-state index in [1.807, 2.05) is 0 Å². The van der Waals surface area contributed by atoms with Gasteiger partial charge in [0.05, 0.1) is 6.61 Å². The Hall–Kier alpha value is -0.150. The van der Waals surface area contributed by atoms with Crippen LogP contribution >= 0.6 is 0 Å². The van der Waals surface area contributed by atoms with E-state index in [1.54, 1.807) is 0 Å². The number of hydrogen-bond acceptors (Lipinski definition) is 2. The van der Waals surface area contributed by atoms with Gasteiger partial charge in [0.15, 0.2) is 0 Å². The Labute approximate surface area is 48.8 Å². The first-order valence-corrected chi connectivity index (χ1v) is 2.75. The fraction of sp³-hybridized carbons (Fsp3) is 1.00. The topological polar surface area (TPSA) is 35.2 Å². The van der Waals surface area contributed by atoms with Crippen molar-refractivity contribution >= 4 is 0 Å². The Balaban J connectivity index is 2.53. The van der Waals surface area contributed by atoms with Crippen molar-refractivity contribution in [2.45, 2.75) is 6.42 Å². The van der Waals surface area contributed by atoms with Crippen LogP contribution < -0.4 is 5.73 Å². The van der Waals surface area contributed by atoms with Gasteiger partial charge < -0.3 is 10.5 Å². The summed E-state index contributed by atoms with van der Waals surface area (Å²) in [6, 6.07) is 0. The van der Waals surface area contributed by atoms with Crippen LogP contribution in [-0.4, -0.2) is 26.4 Å². The third-order valence-electron chi connectivity index (χ3n) is 0.714. The van der Waals surface area contributed by atoms with Crippen molar-refractivity contribution in [2.24, 2.45) is 5.73 Å². The summed E-state index contributed by atoms with van der Waals surface area (Å²) in [6.45, 7) is 1.01. The summed E-state index contributed by atoms with van der Waals surface area (Å²) in [5.74, 6) is 0. The first-order valence-electron chi connectivity index (χ1n) is 2.75. The average Bonchev–Trinajstić information content (AvgIpc) is 1.81. The van der Waals surface area contributed by atoms with Gasteiger partial charge in [0, 0.05) is 6.61 Å². The van der Waals surface area contributed by atoms with Crippen LogP contribution in [0.25, 0.3) is 0 Å². The summed E-state index contributed by atoms with van der Waals surface area (Å²) in [5, 5.41) is 0. The maximum Gasteiger partial charge on any atom is 0.113 e. The van der Waals surface area contributed by atoms with Crippen LogP contribution in [-0.2, 0) is 4.74 Å². The third-order valence-corrected chi connectivity index (χ3v) is 0.714. The molecule has 0 atom stereocenters. The lowest BCUT2D eigenvalue weighted by Gasteiger charge is -1.96. The molecular formula is C5H12FNO. The van der Waals surface area contributed by atoms with Gasteiger partial charge in [-0.2, -0.15) is 0 Å². The number of ether oxygens (including phenoxy) is 1. The van der Waals surface area contributed by atoms with Crippen LogP contribution in [0.4, 0.5) is 4.39 Å². The van der Waals surface area contributed by atoms with Crippen LogP contribution in [0.15, 0.2) is 0 Å². The van der Waals surface area contributed by atoms with Crippen molar-refractivity contribution in [1.82, 2.24) is 0 Å². The maximum atomic E-state index is 11.3. The maximum absolute atomic E-state index is 11.3. The largest absolute Gasteiger partial charge is 0.379 e. The molecule has 0 rings (SSSR count). The molecule has 0 aromatic heterocycles. The molecule has 0 saturated heterocycles. The Morgan fingerprint density at radius 2 is 2.12 bits per heavy atom. The van der Waals surface area contributed by atoms with E-state index < -0.39 is 6.67 Å². The van der Waals surface area contributed by atoms with Crippen LogP contribution in [0.2, 0.25) is 0 Å². The highest BCUT2D eigenvalue weighted by Crippen LogP contribution is 1.78. The van der Waals surface area contributed by atoms with Crippen molar-refractivity contribution < 1.29 is 9.13 Å². The lowest BCUT2D eigenvalue weighted by Crippen LogP contribution is -2.05. The van der Waals surface area contributed by atoms with Gasteiger partial charge in [-0.05, 0) is 13.0 Å². The zero-order valence-electron chi connectivity index (χ0n) is 4.90. The van der Waals surface area contributed by atoms with Gasteiger partial charge in [0.25, 0.3) is 0 Å². The molecule has 0 bridgehead atoms. The highest BCUT2D eigenvalue weighted by atomic mass is 19.1. The molecule has 0 fully saturated rings. The third kappa shape index (κ3) is 5.85. The van der Waals surface area contributed by atoms with E-state index in [1.165, 1.54) is 0 Å². The molecule has 2 N–H and O–H groups in total. The molecule has 0 unspecified atom stereocenters. The SMILES string of the molecule is NCCCOCCF. The Kier molecular flexibility index (Phi) is 6.72. The molecule has 0 spiro atoms. The molecule has 0 aromatic carbocycles. The average molecular weight is 121 g/mol. The molecule has 50 valence electrons. The van der Waals surface area contributed by atoms with E-state index in [2.05, 4.69) is 0 Å². The van der Waals surface area contributed by atoms with E-state index in [0.717, 1.165) is 6.42 Å². The molecule has 8 heavy (non-hydrogen) atoms. The second-order valence-electron chi connectivity index (χ2n) is 1.44. The Morgan fingerprint density at radius 1 is 1.38 bits per heavy atom. The van der Waals surface area contributed by atoms with Gasteiger partial charge in [0.2, 0.25) is 0 Å². The van der Waals surface area contributed by atoms with Crippen molar-refractivity contribution in [3.63, 3.8) is 0 Å². The fourth-order valence-electron chi connectivity index (χ4n) is 0.342. The minimum Gasteiger partial charge on any atom is -0.379 e. The molecule has 2 nitrogen and oxygen atoms in total.